The number of aryl methyl sites for hydroxylation is 1. The smallest absolute Gasteiger partial charge is 0.231 e. The Morgan fingerprint density at radius 3 is 2.90 bits per heavy atom. The molecule has 1 amide bonds. The molecular weight excluding hydrogens is 400 g/mol. The summed E-state index contributed by atoms with van der Waals surface area (Å²) >= 11 is 0. The number of nitrogen functional groups attached to an aromatic ring is 1. The maximum atomic E-state index is 14.0. The molecule has 2 aromatic heterocycles. The number of carbonyl (C=O) groups excluding carboxylic acids is 1. The molecule has 2 N–H and O–H groups in total. The van der Waals surface area contributed by atoms with Crippen LogP contribution in [0.1, 0.15) is 16.8 Å². The second-order valence-corrected chi connectivity index (χ2v) is 7.70. The highest BCUT2D eigenvalue weighted by Crippen LogP contribution is 2.38. The molecule has 0 radical (unpaired) electrons. The zero-order chi connectivity index (χ0) is 21.7. The molecular formula is C24H19F2N3O2. The fourth-order valence-corrected chi connectivity index (χ4v) is 4.18. The number of furan rings is 1. The van der Waals surface area contributed by atoms with E-state index in [4.69, 9.17) is 10.2 Å². The lowest BCUT2D eigenvalue weighted by Crippen LogP contribution is -2.30. The van der Waals surface area contributed by atoms with E-state index in [9.17, 15) is 13.6 Å². The molecule has 0 atom stereocenters. The number of anilines is 2. The standard InChI is InChI=1S/C24H19F2N3O2/c1-13-24-23(20(27)11-28-13)18(12-31-24)14-2-5-21-15(8-14)6-7-29(21)22(30)10-16-9-17(25)3-4-19(16)26/h2-5,8-9,11-12H,6-7,10,27H2,1H3. The largest absolute Gasteiger partial charge is 0.462 e. The van der Waals surface area contributed by atoms with Gasteiger partial charge >= 0.3 is 0 Å². The lowest BCUT2D eigenvalue weighted by atomic mass is 10.0. The Bertz CT molecular complexity index is 1350. The van der Waals surface area contributed by atoms with Gasteiger partial charge in [0.1, 0.15) is 11.6 Å². The first-order valence-corrected chi connectivity index (χ1v) is 9.92. The van der Waals surface area contributed by atoms with Gasteiger partial charge in [-0.3, -0.25) is 9.78 Å². The van der Waals surface area contributed by atoms with Gasteiger partial charge in [0, 0.05) is 23.4 Å². The third-order valence-corrected chi connectivity index (χ3v) is 5.74. The molecule has 0 unspecified atom stereocenters. The summed E-state index contributed by atoms with van der Waals surface area (Å²) in [5.41, 5.74) is 11.7. The minimum absolute atomic E-state index is 0.0550. The Morgan fingerprint density at radius 2 is 2.06 bits per heavy atom. The van der Waals surface area contributed by atoms with Crippen LogP contribution in [0.4, 0.5) is 20.2 Å². The maximum absolute atomic E-state index is 14.0. The van der Waals surface area contributed by atoms with Gasteiger partial charge in [0.05, 0.1) is 35.6 Å². The van der Waals surface area contributed by atoms with Gasteiger partial charge in [-0.05, 0) is 54.8 Å². The van der Waals surface area contributed by atoms with E-state index < -0.39 is 11.6 Å². The third-order valence-electron chi connectivity index (χ3n) is 5.74. The summed E-state index contributed by atoms with van der Waals surface area (Å²) in [6.45, 7) is 2.36. The molecule has 1 aliphatic rings. The highest BCUT2D eigenvalue weighted by Gasteiger charge is 2.26. The molecule has 0 saturated heterocycles. The van der Waals surface area contributed by atoms with E-state index in [0.29, 0.717) is 24.2 Å². The molecule has 1 aliphatic heterocycles. The number of nitrogens with two attached hydrogens (primary N) is 1. The number of pyridine rings is 1. The number of halogens is 2. The summed E-state index contributed by atoms with van der Waals surface area (Å²) in [4.78, 5) is 18.7. The molecule has 0 aliphatic carbocycles. The van der Waals surface area contributed by atoms with Crippen LogP contribution in [0, 0.1) is 18.6 Å². The van der Waals surface area contributed by atoms with Crippen LogP contribution in [0.15, 0.2) is 53.3 Å². The summed E-state index contributed by atoms with van der Waals surface area (Å²) in [5, 5.41) is 0.819. The highest BCUT2D eigenvalue weighted by molar-refractivity contribution is 6.03. The number of rotatable bonds is 3. The van der Waals surface area contributed by atoms with Crippen molar-refractivity contribution in [1.29, 1.82) is 0 Å². The second kappa shape index (κ2) is 7.19. The SMILES string of the molecule is Cc1ncc(N)c2c(-c3ccc4c(c3)CCN4C(=O)Cc3cc(F)ccc3F)coc12. The molecule has 5 nitrogen and oxygen atoms in total. The Hall–Kier alpha value is -3.74. The van der Waals surface area contributed by atoms with Crippen LogP contribution in [-0.2, 0) is 17.6 Å². The van der Waals surface area contributed by atoms with Gasteiger partial charge in [-0.1, -0.05) is 6.07 Å². The number of carbonyl (C=O) groups is 1. The number of fused-ring (bicyclic) bond motifs is 2. The fourth-order valence-electron chi connectivity index (χ4n) is 4.18. The summed E-state index contributed by atoms with van der Waals surface area (Å²) in [6, 6.07) is 8.96. The van der Waals surface area contributed by atoms with E-state index in [-0.39, 0.29) is 17.9 Å². The molecule has 4 aromatic rings. The van der Waals surface area contributed by atoms with Gasteiger partial charge in [0.15, 0.2) is 5.58 Å². The van der Waals surface area contributed by atoms with Crippen LogP contribution in [-0.4, -0.2) is 17.4 Å². The summed E-state index contributed by atoms with van der Waals surface area (Å²) in [5.74, 6) is -1.41. The third kappa shape index (κ3) is 3.22. The topological polar surface area (TPSA) is 72.4 Å². The van der Waals surface area contributed by atoms with Crippen molar-refractivity contribution in [2.45, 2.75) is 19.8 Å². The Morgan fingerprint density at radius 1 is 1.23 bits per heavy atom. The van der Waals surface area contributed by atoms with Crippen molar-refractivity contribution in [2.75, 3.05) is 17.2 Å². The van der Waals surface area contributed by atoms with Crippen LogP contribution < -0.4 is 10.6 Å². The van der Waals surface area contributed by atoms with Gasteiger partial charge in [0.2, 0.25) is 5.91 Å². The van der Waals surface area contributed by atoms with Crippen molar-refractivity contribution >= 4 is 28.3 Å². The number of nitrogens with zero attached hydrogens (tertiary/aromatic N) is 2. The van der Waals surface area contributed by atoms with Crippen molar-refractivity contribution in [2.24, 2.45) is 0 Å². The second-order valence-electron chi connectivity index (χ2n) is 7.70. The van der Waals surface area contributed by atoms with E-state index in [1.807, 2.05) is 25.1 Å². The average Bonchev–Trinajstić information content (AvgIpc) is 3.38. The molecule has 2 aromatic carbocycles. The van der Waals surface area contributed by atoms with Crippen LogP contribution >= 0.6 is 0 Å². The summed E-state index contributed by atoms with van der Waals surface area (Å²) < 4.78 is 33.1. The minimum Gasteiger partial charge on any atom is -0.462 e. The van der Waals surface area contributed by atoms with Gasteiger partial charge in [-0.15, -0.1) is 0 Å². The van der Waals surface area contributed by atoms with E-state index >= 15 is 0 Å². The first kappa shape index (κ1) is 19.2. The van der Waals surface area contributed by atoms with E-state index in [1.165, 1.54) is 0 Å². The number of hydrogen-bond acceptors (Lipinski definition) is 4. The summed E-state index contributed by atoms with van der Waals surface area (Å²) in [6.07, 6.45) is 3.77. The van der Waals surface area contributed by atoms with Crippen molar-refractivity contribution in [1.82, 2.24) is 4.98 Å². The van der Waals surface area contributed by atoms with E-state index in [0.717, 1.165) is 51.7 Å². The van der Waals surface area contributed by atoms with Crippen molar-refractivity contribution in [3.63, 3.8) is 0 Å². The molecule has 3 heterocycles. The lowest BCUT2D eigenvalue weighted by molar-refractivity contribution is -0.117. The maximum Gasteiger partial charge on any atom is 0.231 e. The number of aromatic nitrogens is 1. The monoisotopic (exact) mass is 419 g/mol. The van der Waals surface area contributed by atoms with Crippen molar-refractivity contribution in [3.05, 3.63) is 77.3 Å². The van der Waals surface area contributed by atoms with Crippen molar-refractivity contribution in [3.8, 4) is 11.1 Å². The molecule has 156 valence electrons. The molecule has 7 heteroatoms. The number of amides is 1. The predicted octanol–water partition coefficient (Wildman–Crippen LogP) is 4.80. The van der Waals surface area contributed by atoms with E-state index in [2.05, 4.69) is 4.98 Å². The molecule has 5 rings (SSSR count). The zero-order valence-corrected chi connectivity index (χ0v) is 16.8. The Labute approximate surface area is 177 Å². The first-order valence-electron chi connectivity index (χ1n) is 9.92. The molecule has 0 bridgehead atoms. The van der Waals surface area contributed by atoms with Gasteiger partial charge in [-0.2, -0.15) is 0 Å². The predicted molar refractivity (Wildman–Crippen MR) is 115 cm³/mol. The van der Waals surface area contributed by atoms with Crippen LogP contribution in [0.5, 0.6) is 0 Å². The number of hydrogen-bond donors (Lipinski definition) is 1. The summed E-state index contributed by atoms with van der Waals surface area (Å²) in [7, 11) is 0. The van der Waals surface area contributed by atoms with Gasteiger partial charge < -0.3 is 15.1 Å². The fraction of sp³-hybridized carbons (Fsp3) is 0.167. The zero-order valence-electron chi connectivity index (χ0n) is 16.8. The lowest BCUT2D eigenvalue weighted by Gasteiger charge is -2.18. The quantitative estimate of drug-likeness (QED) is 0.518. The Balaban J connectivity index is 1.46. The molecule has 31 heavy (non-hydrogen) atoms. The van der Waals surface area contributed by atoms with Crippen LogP contribution in [0.3, 0.4) is 0 Å². The molecule has 0 saturated carbocycles. The minimum atomic E-state index is -0.585. The van der Waals surface area contributed by atoms with Crippen molar-refractivity contribution < 1.29 is 18.0 Å². The number of benzene rings is 2. The average molecular weight is 419 g/mol. The van der Waals surface area contributed by atoms with E-state index in [1.54, 1.807) is 17.4 Å². The van der Waals surface area contributed by atoms with Crippen LogP contribution in [0.2, 0.25) is 0 Å². The molecule has 0 spiro atoms. The normalized spacial score (nSPS) is 13.1. The first-order chi connectivity index (χ1) is 14.9. The molecule has 0 fully saturated rings. The van der Waals surface area contributed by atoms with Crippen LogP contribution in [0.25, 0.3) is 22.1 Å². The van der Waals surface area contributed by atoms with Gasteiger partial charge in [0.25, 0.3) is 0 Å². The highest BCUT2D eigenvalue weighted by atomic mass is 19.1. The Kier molecular flexibility index (Phi) is 4.46. The van der Waals surface area contributed by atoms with Gasteiger partial charge in [-0.25, -0.2) is 8.78 Å².